The molecule has 2 aromatic carbocycles. The van der Waals surface area contributed by atoms with E-state index in [0.29, 0.717) is 11.0 Å². The van der Waals surface area contributed by atoms with Gasteiger partial charge in [0.2, 0.25) is 5.91 Å². The number of nitrogens with one attached hydrogen (secondary N) is 2. The van der Waals surface area contributed by atoms with Crippen LogP contribution in [0.3, 0.4) is 0 Å². The van der Waals surface area contributed by atoms with E-state index in [4.69, 9.17) is 4.65 Å². The molecule has 2 amide bonds. The number of fused-ring (bicyclic) bond motifs is 1. The van der Waals surface area contributed by atoms with E-state index in [0.717, 1.165) is 21.5 Å². The smallest absolute Gasteiger partial charge is 0.407 e. The lowest BCUT2D eigenvalue weighted by Crippen LogP contribution is -2.51. The molecular weight excluding hydrogens is 545 g/mol. The summed E-state index contributed by atoms with van der Waals surface area (Å²) in [5, 5.41) is 12.8. The zero-order chi connectivity index (χ0) is 31.0. The van der Waals surface area contributed by atoms with Crippen LogP contribution in [0.2, 0.25) is 0 Å². The van der Waals surface area contributed by atoms with E-state index in [1.807, 2.05) is 50.2 Å². The van der Waals surface area contributed by atoms with Gasteiger partial charge in [-0.1, -0.05) is 49.6 Å². The number of H-pyrrole nitrogens is 1. The van der Waals surface area contributed by atoms with Crippen molar-refractivity contribution in [2.45, 2.75) is 77.2 Å². The lowest BCUT2D eigenvalue weighted by Gasteiger charge is -2.37. The summed E-state index contributed by atoms with van der Waals surface area (Å²) in [4.78, 5) is 34.0. The summed E-state index contributed by atoms with van der Waals surface area (Å²) in [6.07, 6.45) is -1.39. The number of benzene rings is 2. The molecule has 9 nitrogen and oxygen atoms in total. The van der Waals surface area contributed by atoms with Gasteiger partial charge in [-0.2, -0.15) is 0 Å². The number of hydrogen-bond donors (Lipinski definition) is 3. The maximum absolute atomic E-state index is 14.7. The van der Waals surface area contributed by atoms with Gasteiger partial charge in [-0.05, 0) is 56.9 Å². The van der Waals surface area contributed by atoms with Gasteiger partial charge in [0.15, 0.2) is 0 Å². The van der Waals surface area contributed by atoms with Crippen LogP contribution in [0.5, 0.6) is 0 Å². The number of hydrogen-bond acceptors (Lipinski definition) is 6. The molecule has 2 heterocycles. The molecule has 3 aromatic rings. The van der Waals surface area contributed by atoms with E-state index in [9.17, 15) is 23.5 Å². The number of alkyl halides is 2. The Kier molecular flexibility index (Phi) is 8.71. The van der Waals surface area contributed by atoms with Crippen molar-refractivity contribution < 1.29 is 32.9 Å². The first-order chi connectivity index (χ1) is 19.5. The number of halogens is 2. The van der Waals surface area contributed by atoms with Crippen LogP contribution in [0.15, 0.2) is 42.5 Å². The maximum atomic E-state index is 14.7. The van der Waals surface area contributed by atoms with E-state index in [-0.39, 0.29) is 11.7 Å². The van der Waals surface area contributed by atoms with Gasteiger partial charge in [0.25, 0.3) is 5.92 Å². The number of aliphatic hydroxyl groups is 1. The van der Waals surface area contributed by atoms with Gasteiger partial charge in [0.1, 0.15) is 11.9 Å². The molecule has 0 bridgehead atoms. The highest BCUT2D eigenvalue weighted by atomic mass is 19.3. The summed E-state index contributed by atoms with van der Waals surface area (Å²) in [5.41, 5.74) is 2.04. The highest BCUT2D eigenvalue weighted by Crippen LogP contribution is 2.41. The van der Waals surface area contributed by atoms with E-state index in [2.05, 4.69) is 20.0 Å². The van der Waals surface area contributed by atoms with Gasteiger partial charge < -0.3 is 29.7 Å². The molecule has 1 radical (unpaired) electrons. The SMILES string of the molecule is COC(=O)N[C@H](C(=O)N1CC(F)(F)C[C@H]1c1nc2ccc(-c3ccc([B]OC(C)(C)C(C)(C)O)cc3)cc2[nH]1)C(C)C. The van der Waals surface area contributed by atoms with E-state index in [1.54, 1.807) is 41.2 Å². The molecule has 0 spiro atoms. The molecule has 0 aliphatic carbocycles. The fraction of sp³-hybridized carbons (Fsp3) is 0.500. The van der Waals surface area contributed by atoms with E-state index >= 15 is 0 Å². The Morgan fingerprint density at radius 2 is 1.79 bits per heavy atom. The van der Waals surface area contributed by atoms with Crippen molar-refractivity contribution in [1.29, 1.82) is 0 Å². The third-order valence-corrected chi connectivity index (χ3v) is 7.97. The minimum Gasteiger partial charge on any atom is -0.453 e. The van der Waals surface area contributed by atoms with Gasteiger partial charge in [-0.25, -0.2) is 18.6 Å². The third kappa shape index (κ3) is 6.76. The monoisotopic (exact) mass is 583 g/mol. The number of carbonyl (C=O) groups is 2. The minimum atomic E-state index is -3.11. The standard InChI is InChI=1S/C30H38BF2N4O5/c1-17(2)24(36-27(39)41-7)26(38)37-16-30(32,33)15-23(37)25-34-21-13-10-19(14-22(21)35-25)18-8-11-20(12-9-18)31-42-29(5,6)28(3,4)40/h8-14,17,23-24,40H,15-16H2,1-7H3,(H,34,35)(H,36,39)/t23-,24-/m0/s1. The summed E-state index contributed by atoms with van der Waals surface area (Å²) in [6.45, 7) is 9.69. The molecule has 42 heavy (non-hydrogen) atoms. The highest BCUT2D eigenvalue weighted by Gasteiger charge is 2.50. The molecule has 2 atom stereocenters. The second-order valence-electron chi connectivity index (χ2n) is 12.2. The minimum absolute atomic E-state index is 0.254. The van der Waals surface area contributed by atoms with Gasteiger partial charge in [-0.3, -0.25) is 4.79 Å². The Hall–Kier alpha value is -3.51. The average molecular weight is 583 g/mol. The lowest BCUT2D eigenvalue weighted by atomic mass is 9.82. The molecule has 3 N–H and O–H groups in total. The predicted octanol–water partition coefficient (Wildman–Crippen LogP) is 4.33. The fourth-order valence-electron chi connectivity index (χ4n) is 4.65. The molecule has 1 fully saturated rings. The van der Waals surface area contributed by atoms with Crippen molar-refractivity contribution in [1.82, 2.24) is 20.2 Å². The van der Waals surface area contributed by atoms with Crippen LogP contribution < -0.4 is 10.8 Å². The summed E-state index contributed by atoms with van der Waals surface area (Å²) in [7, 11) is 2.79. The Morgan fingerprint density at radius 1 is 1.14 bits per heavy atom. The maximum Gasteiger partial charge on any atom is 0.407 e. The number of nitrogens with zero attached hydrogens (tertiary/aromatic N) is 2. The van der Waals surface area contributed by atoms with Crippen LogP contribution >= 0.6 is 0 Å². The summed E-state index contributed by atoms with van der Waals surface area (Å²) in [5.74, 6) is -3.83. The van der Waals surface area contributed by atoms with Crippen LogP contribution in [0, 0.1) is 5.92 Å². The summed E-state index contributed by atoms with van der Waals surface area (Å²) in [6, 6.07) is 11.2. The topological polar surface area (TPSA) is 117 Å². The van der Waals surface area contributed by atoms with E-state index in [1.165, 1.54) is 7.11 Å². The van der Waals surface area contributed by atoms with E-state index < -0.39 is 54.2 Å². The van der Waals surface area contributed by atoms with Crippen molar-refractivity contribution in [2.24, 2.45) is 5.92 Å². The number of rotatable bonds is 9. The van der Waals surface area contributed by atoms with Crippen LogP contribution in [0.4, 0.5) is 13.6 Å². The first-order valence-corrected chi connectivity index (χ1v) is 13.9. The quantitative estimate of drug-likeness (QED) is 0.323. The number of alkyl carbamates (subject to hydrolysis) is 1. The number of methoxy groups -OCH3 is 1. The number of aromatic nitrogens is 2. The predicted molar refractivity (Wildman–Crippen MR) is 157 cm³/mol. The van der Waals surface area contributed by atoms with Crippen molar-refractivity contribution in [3.8, 4) is 11.1 Å². The van der Waals surface area contributed by atoms with Crippen LogP contribution in [-0.2, 0) is 14.2 Å². The molecule has 1 aliphatic rings. The molecule has 1 saturated heterocycles. The number of aromatic amines is 1. The first-order valence-electron chi connectivity index (χ1n) is 13.9. The Bertz CT molecular complexity index is 1440. The number of amides is 2. The first kappa shape index (κ1) is 31.4. The Morgan fingerprint density at radius 3 is 2.38 bits per heavy atom. The second-order valence-corrected chi connectivity index (χ2v) is 12.2. The average Bonchev–Trinajstić information content (AvgIpc) is 3.49. The molecule has 0 unspecified atom stereocenters. The van der Waals surface area contributed by atoms with Crippen LogP contribution in [0.25, 0.3) is 22.2 Å². The molecular formula is C30H38BF2N4O5. The Labute approximate surface area is 245 Å². The Balaban J connectivity index is 1.55. The number of ether oxygens (including phenoxy) is 1. The lowest BCUT2D eigenvalue weighted by molar-refractivity contribution is -0.136. The van der Waals surface area contributed by atoms with Gasteiger partial charge in [-0.15, -0.1) is 0 Å². The summed E-state index contributed by atoms with van der Waals surface area (Å²) >= 11 is 0. The van der Waals surface area contributed by atoms with Crippen molar-refractivity contribution >= 4 is 36.0 Å². The van der Waals surface area contributed by atoms with Crippen molar-refractivity contribution in [3.05, 3.63) is 48.3 Å². The third-order valence-electron chi connectivity index (χ3n) is 7.97. The van der Waals surface area contributed by atoms with Crippen molar-refractivity contribution in [3.63, 3.8) is 0 Å². The van der Waals surface area contributed by atoms with Gasteiger partial charge in [0, 0.05) is 6.42 Å². The zero-order valence-corrected chi connectivity index (χ0v) is 25.0. The molecule has 1 aliphatic heterocycles. The molecule has 4 rings (SSSR count). The number of imidazole rings is 1. The second kappa shape index (κ2) is 11.6. The zero-order valence-electron chi connectivity index (χ0n) is 25.0. The largest absolute Gasteiger partial charge is 0.453 e. The molecule has 225 valence electrons. The number of likely N-dealkylation sites (tertiary alicyclic amines) is 1. The van der Waals surface area contributed by atoms with Gasteiger partial charge >= 0.3 is 13.6 Å². The fourth-order valence-corrected chi connectivity index (χ4v) is 4.65. The van der Waals surface area contributed by atoms with Gasteiger partial charge in [0.05, 0.1) is 41.9 Å². The van der Waals surface area contributed by atoms with Crippen molar-refractivity contribution in [2.75, 3.05) is 13.7 Å². The number of carbonyl (C=O) groups excluding carboxylic acids is 2. The highest BCUT2D eigenvalue weighted by molar-refractivity contribution is 6.47. The summed E-state index contributed by atoms with van der Waals surface area (Å²) < 4.78 is 39.8. The van der Waals surface area contributed by atoms with Crippen LogP contribution in [-0.4, -0.2) is 76.3 Å². The molecule has 1 aromatic heterocycles. The molecule has 0 saturated carbocycles. The normalized spacial score (nSPS) is 17.9. The van der Waals surface area contributed by atoms with Crippen LogP contribution in [0.1, 0.15) is 59.8 Å². The molecule has 12 heteroatoms.